The van der Waals surface area contributed by atoms with Crippen LogP contribution in [0.3, 0.4) is 0 Å². The summed E-state index contributed by atoms with van der Waals surface area (Å²) in [5.41, 5.74) is 2.01. The normalized spacial score (nSPS) is 22.8. The fraction of sp³-hybridized carbons (Fsp3) is 0.167. The molecule has 0 saturated heterocycles. The Labute approximate surface area is 165 Å². The van der Waals surface area contributed by atoms with Crippen LogP contribution in [0.4, 0.5) is 5.69 Å². The van der Waals surface area contributed by atoms with Crippen molar-refractivity contribution in [2.24, 2.45) is 16.9 Å². The van der Waals surface area contributed by atoms with Gasteiger partial charge in [-0.05, 0) is 24.6 Å². The molecule has 1 aromatic rings. The van der Waals surface area contributed by atoms with Gasteiger partial charge in [-0.2, -0.15) is 13.5 Å². The molecule has 0 bridgehead atoms. The van der Waals surface area contributed by atoms with Gasteiger partial charge in [0.2, 0.25) is 5.78 Å². The lowest BCUT2D eigenvalue weighted by Gasteiger charge is -2.28. The van der Waals surface area contributed by atoms with Crippen molar-refractivity contribution in [1.29, 1.82) is 0 Å². The molecule has 2 aliphatic carbocycles. The summed E-state index contributed by atoms with van der Waals surface area (Å²) in [5, 5.41) is 15.4. The molecule has 28 heavy (non-hydrogen) atoms. The van der Waals surface area contributed by atoms with Gasteiger partial charge in [-0.25, -0.2) is 0 Å². The maximum absolute atomic E-state index is 12.5. The monoisotopic (exact) mass is 421 g/mol. The Morgan fingerprint density at radius 1 is 1.29 bits per heavy atom. The number of halogens is 1. The molecule has 1 aromatic carbocycles. The number of ketones is 1. The summed E-state index contributed by atoms with van der Waals surface area (Å²) < 4.78 is 32.7. The predicted molar refractivity (Wildman–Crippen MR) is 100 cm³/mol. The third kappa shape index (κ3) is 3.77. The second-order valence-corrected chi connectivity index (χ2v) is 8.05. The molecule has 0 fully saturated rings. The number of rotatable bonds is 4. The Morgan fingerprint density at radius 2 is 1.96 bits per heavy atom. The molecular formula is C18H14ClN2O6S-. The molecule has 2 aliphatic rings. The van der Waals surface area contributed by atoms with Crippen molar-refractivity contribution in [3.63, 3.8) is 0 Å². The first-order chi connectivity index (χ1) is 13.1. The maximum Gasteiger partial charge on any atom is 0.296 e. The number of aliphatic carboxylic acids is 1. The highest BCUT2D eigenvalue weighted by Crippen LogP contribution is 2.31. The number of hydrogen-bond donors (Lipinski definition) is 2. The van der Waals surface area contributed by atoms with Crippen LogP contribution in [0.1, 0.15) is 5.56 Å². The molecule has 0 saturated carbocycles. The first kappa shape index (κ1) is 20.0. The summed E-state index contributed by atoms with van der Waals surface area (Å²) in [4.78, 5) is 23.3. The fourth-order valence-electron chi connectivity index (χ4n) is 2.98. The van der Waals surface area contributed by atoms with Crippen LogP contribution in [0.2, 0.25) is 5.02 Å². The van der Waals surface area contributed by atoms with E-state index in [2.05, 4.69) is 10.5 Å². The second kappa shape index (κ2) is 7.34. The van der Waals surface area contributed by atoms with Gasteiger partial charge in [0.25, 0.3) is 10.1 Å². The highest BCUT2D eigenvalue weighted by Gasteiger charge is 2.35. The van der Waals surface area contributed by atoms with E-state index in [1.54, 1.807) is 31.2 Å². The van der Waals surface area contributed by atoms with Gasteiger partial charge in [0.05, 0.1) is 11.7 Å². The molecule has 2 atom stereocenters. The molecule has 0 radical (unpaired) electrons. The lowest BCUT2D eigenvalue weighted by molar-refractivity contribution is -0.298. The number of aryl methyl sites for hydroxylation is 1. The van der Waals surface area contributed by atoms with E-state index in [9.17, 15) is 27.7 Å². The number of hydrogen-bond acceptors (Lipinski definition) is 7. The number of hydrazone groups is 1. The quantitative estimate of drug-likeness (QED) is 0.424. The minimum absolute atomic E-state index is 0.134. The Morgan fingerprint density at radius 3 is 2.61 bits per heavy atom. The highest BCUT2D eigenvalue weighted by molar-refractivity contribution is 7.86. The van der Waals surface area contributed by atoms with Crippen molar-refractivity contribution < 1.29 is 27.7 Å². The van der Waals surface area contributed by atoms with Gasteiger partial charge in [-0.1, -0.05) is 42.0 Å². The Bertz CT molecular complexity index is 1100. The number of fused-ring (bicyclic) bond motifs is 1. The highest BCUT2D eigenvalue weighted by atomic mass is 35.5. The van der Waals surface area contributed by atoms with Gasteiger partial charge in [-0.3, -0.25) is 14.8 Å². The van der Waals surface area contributed by atoms with Crippen LogP contribution in [0, 0.1) is 18.8 Å². The maximum atomic E-state index is 12.5. The predicted octanol–water partition coefficient (Wildman–Crippen LogP) is 1.28. The molecule has 2 unspecified atom stereocenters. The molecule has 2 N–H and O–H groups in total. The summed E-state index contributed by atoms with van der Waals surface area (Å²) in [5.74, 6) is -3.43. The van der Waals surface area contributed by atoms with Crippen LogP contribution >= 0.6 is 11.6 Å². The van der Waals surface area contributed by atoms with Crippen molar-refractivity contribution >= 4 is 44.9 Å². The first-order valence-corrected chi connectivity index (χ1v) is 9.85. The number of carboxylic acid groups (broad SMARTS) is 1. The van der Waals surface area contributed by atoms with Gasteiger partial charge >= 0.3 is 0 Å². The molecular weight excluding hydrogens is 408 g/mol. The zero-order chi connectivity index (χ0) is 20.6. The summed E-state index contributed by atoms with van der Waals surface area (Å²) in [6.45, 7) is 1.55. The van der Waals surface area contributed by atoms with Gasteiger partial charge in [-0.15, -0.1) is 0 Å². The summed E-state index contributed by atoms with van der Waals surface area (Å²) in [6.07, 6.45) is 8.09. The standard InChI is InChI=1S/C18H15ClN2O6S/c1-9-6-15(28(25,26)27)14(8-13(9)19)20-21-16-11-5-3-2-4-10(11)7-12(17(16)22)18(23)24/h2-8,10-11,20H,1H3,(H,23,24)(H,25,26,27)/p-1/b21-16-. The average molecular weight is 422 g/mol. The van der Waals surface area contributed by atoms with Crippen molar-refractivity contribution in [2.75, 3.05) is 5.43 Å². The van der Waals surface area contributed by atoms with E-state index in [1.165, 1.54) is 12.1 Å². The molecule has 0 amide bonds. The Hall–Kier alpha value is -2.75. The SMILES string of the molecule is Cc1cc(S(=O)(=O)O)c(N/N=C2\C(=O)C(C(=O)[O-])=CC3C=CC=CC23)cc1Cl. The lowest BCUT2D eigenvalue weighted by Crippen LogP contribution is -2.40. The summed E-state index contributed by atoms with van der Waals surface area (Å²) in [7, 11) is -4.60. The smallest absolute Gasteiger partial charge is 0.296 e. The van der Waals surface area contributed by atoms with Crippen LogP contribution in [0.15, 0.2) is 58.1 Å². The van der Waals surface area contributed by atoms with Crippen LogP contribution in [-0.4, -0.2) is 30.4 Å². The number of Topliss-reactive ketones (excluding diaryl/α,β-unsaturated/α-hetero) is 1. The van der Waals surface area contributed by atoms with Gasteiger partial charge < -0.3 is 9.90 Å². The topological polar surface area (TPSA) is 136 Å². The van der Waals surface area contributed by atoms with E-state index in [0.717, 1.165) is 6.07 Å². The van der Waals surface area contributed by atoms with E-state index in [-0.39, 0.29) is 16.4 Å². The number of nitrogens with one attached hydrogen (secondary N) is 1. The van der Waals surface area contributed by atoms with E-state index >= 15 is 0 Å². The minimum atomic E-state index is -4.60. The third-order valence-electron chi connectivity index (χ3n) is 4.39. The van der Waals surface area contributed by atoms with Crippen LogP contribution in [-0.2, 0) is 19.7 Å². The van der Waals surface area contributed by atoms with Gasteiger partial charge in [0.15, 0.2) is 0 Å². The average Bonchev–Trinajstić information content (AvgIpc) is 2.61. The van der Waals surface area contributed by atoms with Crippen LogP contribution in [0.25, 0.3) is 0 Å². The number of anilines is 1. The molecule has 0 spiro atoms. The van der Waals surface area contributed by atoms with Crippen molar-refractivity contribution in [2.45, 2.75) is 11.8 Å². The van der Waals surface area contributed by atoms with Crippen molar-refractivity contribution in [1.82, 2.24) is 0 Å². The molecule has 10 heteroatoms. The number of benzene rings is 1. The molecule has 8 nitrogen and oxygen atoms in total. The van der Waals surface area contributed by atoms with Crippen molar-refractivity contribution in [3.8, 4) is 0 Å². The number of carboxylic acids is 1. The minimum Gasteiger partial charge on any atom is -0.545 e. The second-order valence-electron chi connectivity index (χ2n) is 6.25. The molecule has 0 aromatic heterocycles. The lowest BCUT2D eigenvalue weighted by atomic mass is 9.76. The molecule has 146 valence electrons. The fourth-order valence-corrected chi connectivity index (χ4v) is 3.85. The van der Waals surface area contributed by atoms with E-state index in [4.69, 9.17) is 11.6 Å². The number of allylic oxidation sites excluding steroid dienone is 5. The van der Waals surface area contributed by atoms with Crippen LogP contribution in [0.5, 0.6) is 0 Å². The number of carbonyl (C=O) groups excluding carboxylic acids is 2. The van der Waals surface area contributed by atoms with E-state index in [0.29, 0.717) is 5.56 Å². The van der Waals surface area contributed by atoms with E-state index in [1.807, 2.05) is 0 Å². The largest absolute Gasteiger partial charge is 0.545 e. The zero-order valence-corrected chi connectivity index (χ0v) is 16.0. The zero-order valence-electron chi connectivity index (χ0n) is 14.4. The Balaban J connectivity index is 2.07. The van der Waals surface area contributed by atoms with Gasteiger partial charge in [0, 0.05) is 22.4 Å². The number of nitrogens with zero attached hydrogens (tertiary/aromatic N) is 1. The number of carbonyl (C=O) groups is 2. The van der Waals surface area contributed by atoms with Gasteiger partial charge in [0.1, 0.15) is 10.6 Å². The first-order valence-electron chi connectivity index (χ1n) is 8.03. The molecule has 0 heterocycles. The van der Waals surface area contributed by atoms with E-state index < -0.39 is 44.2 Å². The summed E-state index contributed by atoms with van der Waals surface area (Å²) in [6, 6.07) is 2.39. The molecule has 3 rings (SSSR count). The van der Waals surface area contributed by atoms with Crippen molar-refractivity contribution in [3.05, 3.63) is 58.7 Å². The molecule has 0 aliphatic heterocycles. The van der Waals surface area contributed by atoms with Crippen LogP contribution < -0.4 is 10.5 Å². The summed E-state index contributed by atoms with van der Waals surface area (Å²) >= 11 is 6.01. The third-order valence-corrected chi connectivity index (χ3v) is 5.69. The Kier molecular flexibility index (Phi) is 5.24.